The fraction of sp³-hybridized carbons (Fsp3) is 0.174. The van der Waals surface area contributed by atoms with E-state index in [0.717, 1.165) is 5.56 Å². The average molecular weight is 446 g/mol. The third kappa shape index (κ3) is 4.10. The number of benzene rings is 2. The summed E-state index contributed by atoms with van der Waals surface area (Å²) in [5.74, 6) is -0.123. The maximum absolute atomic E-state index is 15.0. The Morgan fingerprint density at radius 2 is 2.00 bits per heavy atom. The van der Waals surface area contributed by atoms with Crippen LogP contribution in [0.1, 0.15) is 6.92 Å². The number of fused-ring (bicyclic) bond motifs is 1. The number of hydrogen-bond donors (Lipinski definition) is 1. The Balaban J connectivity index is 1.34. The number of amides is 2. The zero-order chi connectivity index (χ0) is 22.9. The highest BCUT2D eigenvalue weighted by Gasteiger charge is 2.32. The number of aromatic nitrogens is 4. The van der Waals surface area contributed by atoms with Gasteiger partial charge in [0.05, 0.1) is 25.0 Å². The molecule has 0 saturated carbocycles. The summed E-state index contributed by atoms with van der Waals surface area (Å²) >= 11 is 0. The first-order chi connectivity index (χ1) is 16.0. The summed E-state index contributed by atoms with van der Waals surface area (Å²) in [7, 11) is 0. The Morgan fingerprint density at radius 3 is 2.73 bits per heavy atom. The molecule has 0 bridgehead atoms. The van der Waals surface area contributed by atoms with E-state index in [1.54, 1.807) is 47.4 Å². The lowest BCUT2D eigenvalue weighted by atomic mass is 10.0. The van der Waals surface area contributed by atoms with Crippen molar-refractivity contribution in [2.24, 2.45) is 0 Å². The Bertz CT molecular complexity index is 1320. The van der Waals surface area contributed by atoms with Crippen LogP contribution in [0.3, 0.4) is 0 Å². The molecular weight excluding hydrogens is 427 g/mol. The quantitative estimate of drug-likeness (QED) is 0.506. The van der Waals surface area contributed by atoms with Gasteiger partial charge in [-0.25, -0.2) is 18.7 Å². The minimum absolute atomic E-state index is 0.208. The molecule has 5 rings (SSSR count). The van der Waals surface area contributed by atoms with Crippen LogP contribution in [0.15, 0.2) is 61.1 Å². The molecular formula is C23H19FN6O3. The van der Waals surface area contributed by atoms with Crippen LogP contribution in [0.25, 0.3) is 28.2 Å². The maximum atomic E-state index is 15.0. The smallest absolute Gasteiger partial charge is 0.414 e. The van der Waals surface area contributed by atoms with Crippen molar-refractivity contribution in [2.75, 3.05) is 18.0 Å². The molecule has 1 saturated heterocycles. The minimum Gasteiger partial charge on any atom is -0.442 e. The molecule has 10 heteroatoms. The molecule has 0 spiro atoms. The highest BCUT2D eigenvalue weighted by molar-refractivity contribution is 5.90. The van der Waals surface area contributed by atoms with Crippen LogP contribution in [0.5, 0.6) is 0 Å². The van der Waals surface area contributed by atoms with Gasteiger partial charge in [-0.1, -0.05) is 24.3 Å². The van der Waals surface area contributed by atoms with Gasteiger partial charge in [0.1, 0.15) is 11.9 Å². The fourth-order valence-electron chi connectivity index (χ4n) is 3.67. The number of ether oxygens (including phenoxy) is 1. The number of rotatable bonds is 5. The SMILES string of the molecule is CC(=O)NC[C@H]1CN(c2ccc(-c3ccc(-c4nc5cnccn5n4)cc3)c(F)c2)C(=O)O1. The highest BCUT2D eigenvalue weighted by atomic mass is 19.1. The van der Waals surface area contributed by atoms with Crippen LogP contribution in [0, 0.1) is 5.82 Å². The van der Waals surface area contributed by atoms with Gasteiger partial charge >= 0.3 is 6.09 Å². The van der Waals surface area contributed by atoms with Crippen LogP contribution >= 0.6 is 0 Å². The van der Waals surface area contributed by atoms with Gasteiger partial charge in [-0.2, -0.15) is 0 Å². The molecule has 1 fully saturated rings. The predicted molar refractivity (Wildman–Crippen MR) is 118 cm³/mol. The van der Waals surface area contributed by atoms with Crippen LogP contribution in [0.2, 0.25) is 0 Å². The molecule has 2 aromatic heterocycles. The summed E-state index contributed by atoms with van der Waals surface area (Å²) in [6, 6.07) is 11.9. The van der Waals surface area contributed by atoms with Crippen LogP contribution in [-0.2, 0) is 9.53 Å². The van der Waals surface area contributed by atoms with Gasteiger partial charge in [0, 0.05) is 30.4 Å². The molecule has 33 heavy (non-hydrogen) atoms. The summed E-state index contributed by atoms with van der Waals surface area (Å²) in [5, 5.41) is 7.03. The first-order valence-electron chi connectivity index (χ1n) is 10.3. The normalized spacial score (nSPS) is 15.6. The lowest BCUT2D eigenvalue weighted by Crippen LogP contribution is -2.33. The molecule has 0 aliphatic carbocycles. The molecule has 1 aliphatic rings. The number of carbonyl (C=O) groups is 2. The largest absolute Gasteiger partial charge is 0.442 e. The van der Waals surface area contributed by atoms with Crippen molar-refractivity contribution in [1.82, 2.24) is 24.9 Å². The first-order valence-corrected chi connectivity index (χ1v) is 10.3. The van der Waals surface area contributed by atoms with E-state index in [2.05, 4.69) is 20.4 Å². The minimum atomic E-state index is -0.572. The van der Waals surface area contributed by atoms with Crippen LogP contribution < -0.4 is 10.2 Å². The Kier molecular flexibility index (Phi) is 5.17. The summed E-state index contributed by atoms with van der Waals surface area (Å²) in [5.41, 5.74) is 2.91. The second-order valence-corrected chi connectivity index (χ2v) is 7.61. The van der Waals surface area contributed by atoms with Crippen molar-refractivity contribution in [3.05, 3.63) is 66.9 Å². The molecule has 4 aromatic rings. The molecule has 1 aliphatic heterocycles. The fourth-order valence-corrected chi connectivity index (χ4v) is 3.67. The zero-order valence-corrected chi connectivity index (χ0v) is 17.6. The number of cyclic esters (lactones) is 1. The number of anilines is 1. The van der Waals surface area contributed by atoms with Gasteiger partial charge in [-0.3, -0.25) is 14.7 Å². The van der Waals surface area contributed by atoms with E-state index in [1.165, 1.54) is 17.9 Å². The van der Waals surface area contributed by atoms with E-state index in [1.807, 2.05) is 12.1 Å². The number of carbonyl (C=O) groups excluding carboxylic acids is 2. The van der Waals surface area contributed by atoms with Crippen molar-refractivity contribution < 1.29 is 18.7 Å². The molecule has 0 unspecified atom stereocenters. The van der Waals surface area contributed by atoms with E-state index >= 15 is 0 Å². The third-order valence-electron chi connectivity index (χ3n) is 5.31. The summed E-state index contributed by atoms with van der Waals surface area (Å²) in [4.78, 5) is 33.1. The molecule has 166 valence electrons. The predicted octanol–water partition coefficient (Wildman–Crippen LogP) is 3.06. The average Bonchev–Trinajstić information content (AvgIpc) is 3.41. The summed E-state index contributed by atoms with van der Waals surface area (Å²) in [6.45, 7) is 1.83. The van der Waals surface area contributed by atoms with E-state index < -0.39 is 18.0 Å². The monoisotopic (exact) mass is 446 g/mol. The van der Waals surface area contributed by atoms with E-state index in [4.69, 9.17) is 4.74 Å². The van der Waals surface area contributed by atoms with E-state index in [-0.39, 0.29) is 19.0 Å². The zero-order valence-electron chi connectivity index (χ0n) is 17.6. The lowest BCUT2D eigenvalue weighted by Gasteiger charge is -2.14. The first kappa shape index (κ1) is 20.6. The van der Waals surface area contributed by atoms with Gasteiger partial charge in [0.25, 0.3) is 0 Å². The van der Waals surface area contributed by atoms with Gasteiger partial charge in [-0.05, 0) is 23.8 Å². The third-order valence-corrected chi connectivity index (χ3v) is 5.31. The van der Waals surface area contributed by atoms with Crippen molar-refractivity contribution in [2.45, 2.75) is 13.0 Å². The molecule has 9 nitrogen and oxygen atoms in total. The molecule has 2 amide bonds. The van der Waals surface area contributed by atoms with Crippen molar-refractivity contribution in [1.29, 1.82) is 0 Å². The number of halogens is 1. The van der Waals surface area contributed by atoms with Gasteiger partial charge in [0.2, 0.25) is 5.91 Å². The summed E-state index contributed by atoms with van der Waals surface area (Å²) in [6.07, 6.45) is 3.92. The van der Waals surface area contributed by atoms with Gasteiger partial charge in [0.15, 0.2) is 11.5 Å². The second-order valence-electron chi connectivity index (χ2n) is 7.61. The van der Waals surface area contributed by atoms with Gasteiger partial charge < -0.3 is 10.1 Å². The van der Waals surface area contributed by atoms with Crippen molar-refractivity contribution in [3.8, 4) is 22.5 Å². The molecule has 1 atom stereocenters. The Labute approximate surface area is 187 Å². The van der Waals surface area contributed by atoms with Crippen LogP contribution in [-0.4, -0.2) is 50.8 Å². The number of nitrogens with one attached hydrogen (secondary N) is 1. The molecule has 3 heterocycles. The molecule has 2 aromatic carbocycles. The molecule has 0 radical (unpaired) electrons. The maximum Gasteiger partial charge on any atom is 0.414 e. The topological polar surface area (TPSA) is 102 Å². The van der Waals surface area contributed by atoms with E-state index in [0.29, 0.717) is 28.3 Å². The number of hydrogen-bond acceptors (Lipinski definition) is 6. The standard InChI is InChI=1S/C23H19FN6O3/c1-14(31)26-11-18-13-29(23(32)33-18)17-6-7-19(20(24)10-17)15-2-4-16(5-3-15)22-27-21-12-25-8-9-30(21)28-22/h2-10,12,18H,11,13H2,1H3,(H,26,31)/t18-/m0/s1. The van der Waals surface area contributed by atoms with Gasteiger partial charge in [-0.15, -0.1) is 5.10 Å². The Morgan fingerprint density at radius 1 is 1.21 bits per heavy atom. The Hall–Kier alpha value is -4.34. The molecule has 1 N–H and O–H groups in total. The second kappa shape index (κ2) is 8.30. The lowest BCUT2D eigenvalue weighted by molar-refractivity contribution is -0.119. The van der Waals surface area contributed by atoms with E-state index in [9.17, 15) is 14.0 Å². The van der Waals surface area contributed by atoms with Crippen molar-refractivity contribution >= 4 is 23.3 Å². The number of nitrogens with zero attached hydrogens (tertiary/aromatic N) is 5. The van der Waals surface area contributed by atoms with Crippen molar-refractivity contribution in [3.63, 3.8) is 0 Å². The highest BCUT2D eigenvalue weighted by Crippen LogP contribution is 2.30. The summed E-state index contributed by atoms with van der Waals surface area (Å²) < 4.78 is 21.8. The van der Waals surface area contributed by atoms with Crippen LogP contribution in [0.4, 0.5) is 14.9 Å².